The predicted molar refractivity (Wildman–Crippen MR) is 85.0 cm³/mol. The van der Waals surface area contributed by atoms with Gasteiger partial charge in [0.2, 0.25) is 0 Å². The van der Waals surface area contributed by atoms with E-state index in [1.54, 1.807) is 5.56 Å². The van der Waals surface area contributed by atoms with E-state index in [0.29, 0.717) is 0 Å². The summed E-state index contributed by atoms with van der Waals surface area (Å²) in [5.74, 6) is 0. The SMILES string of the molecule is Cc1cc(C)c(CN2C3CCC2CC(Br)C3)c(C)c1. The second kappa shape index (κ2) is 5.21. The standard InChI is InChI=1S/C17H24BrN/c1-11-6-12(2)17(13(3)7-11)10-19-15-4-5-16(19)9-14(18)8-15/h6-7,14-16H,4-5,8-10H2,1-3H3. The number of hydrogen-bond acceptors (Lipinski definition) is 1. The number of halogens is 1. The Bertz CT molecular complexity index is 445. The molecule has 2 heterocycles. The Morgan fingerprint density at radius 2 is 1.58 bits per heavy atom. The molecule has 2 heteroatoms. The third kappa shape index (κ3) is 2.62. The van der Waals surface area contributed by atoms with E-state index < -0.39 is 0 Å². The summed E-state index contributed by atoms with van der Waals surface area (Å²) < 4.78 is 0. The van der Waals surface area contributed by atoms with Crippen LogP contribution < -0.4 is 0 Å². The molecule has 0 aliphatic carbocycles. The topological polar surface area (TPSA) is 3.24 Å². The van der Waals surface area contributed by atoms with Crippen molar-refractivity contribution in [1.29, 1.82) is 0 Å². The number of benzene rings is 1. The lowest BCUT2D eigenvalue weighted by atomic mass is 9.96. The largest absolute Gasteiger partial charge is 0.293 e. The Labute approximate surface area is 125 Å². The number of nitrogens with zero attached hydrogens (tertiary/aromatic N) is 1. The molecule has 1 aromatic carbocycles. The minimum Gasteiger partial charge on any atom is -0.293 e. The van der Waals surface area contributed by atoms with Crippen LogP contribution in [0.1, 0.15) is 47.9 Å². The molecular formula is C17H24BrN. The van der Waals surface area contributed by atoms with Crippen molar-refractivity contribution < 1.29 is 0 Å². The van der Waals surface area contributed by atoms with Crippen LogP contribution >= 0.6 is 15.9 Å². The fraction of sp³-hybridized carbons (Fsp3) is 0.647. The number of fused-ring (bicyclic) bond motifs is 2. The van der Waals surface area contributed by atoms with Crippen molar-refractivity contribution in [3.05, 3.63) is 34.4 Å². The molecule has 2 unspecified atom stereocenters. The van der Waals surface area contributed by atoms with Crippen LogP contribution in [0.15, 0.2) is 12.1 Å². The Morgan fingerprint density at radius 1 is 1.05 bits per heavy atom. The molecule has 0 saturated carbocycles. The molecule has 2 saturated heterocycles. The smallest absolute Gasteiger partial charge is 0.0244 e. The number of aryl methyl sites for hydroxylation is 3. The molecule has 1 nitrogen and oxygen atoms in total. The first-order valence-electron chi connectivity index (χ1n) is 7.51. The minimum atomic E-state index is 0.751. The Balaban J connectivity index is 1.83. The van der Waals surface area contributed by atoms with Gasteiger partial charge in [0, 0.05) is 23.5 Å². The summed E-state index contributed by atoms with van der Waals surface area (Å²) in [5, 5.41) is 0. The van der Waals surface area contributed by atoms with E-state index in [9.17, 15) is 0 Å². The maximum atomic E-state index is 3.83. The van der Waals surface area contributed by atoms with E-state index in [2.05, 4.69) is 53.7 Å². The van der Waals surface area contributed by atoms with E-state index in [4.69, 9.17) is 0 Å². The highest BCUT2D eigenvalue weighted by Crippen LogP contribution is 2.39. The van der Waals surface area contributed by atoms with Crippen molar-refractivity contribution in [2.75, 3.05) is 0 Å². The third-order valence-corrected chi connectivity index (χ3v) is 5.76. The van der Waals surface area contributed by atoms with Gasteiger partial charge in [-0.25, -0.2) is 0 Å². The van der Waals surface area contributed by atoms with Crippen LogP contribution in [0.5, 0.6) is 0 Å². The van der Waals surface area contributed by atoms with Gasteiger partial charge >= 0.3 is 0 Å². The Kier molecular flexibility index (Phi) is 3.74. The molecule has 1 aromatic rings. The van der Waals surface area contributed by atoms with Gasteiger partial charge in [-0.2, -0.15) is 0 Å². The first kappa shape index (κ1) is 13.6. The van der Waals surface area contributed by atoms with E-state index in [0.717, 1.165) is 23.5 Å². The highest BCUT2D eigenvalue weighted by Gasteiger charge is 2.39. The average molecular weight is 322 g/mol. The summed E-state index contributed by atoms with van der Waals surface area (Å²) in [7, 11) is 0. The Hall–Kier alpha value is -0.340. The van der Waals surface area contributed by atoms with Crippen LogP contribution in [-0.2, 0) is 6.54 Å². The fourth-order valence-corrected chi connectivity index (χ4v) is 4.97. The lowest BCUT2D eigenvalue weighted by molar-refractivity contribution is 0.136. The highest BCUT2D eigenvalue weighted by atomic mass is 79.9. The maximum Gasteiger partial charge on any atom is 0.0244 e. The van der Waals surface area contributed by atoms with Crippen molar-refractivity contribution in [3.8, 4) is 0 Å². The van der Waals surface area contributed by atoms with Crippen LogP contribution in [0.4, 0.5) is 0 Å². The van der Waals surface area contributed by atoms with Gasteiger partial charge in [0.1, 0.15) is 0 Å². The van der Waals surface area contributed by atoms with Gasteiger partial charge in [-0.1, -0.05) is 33.6 Å². The lowest BCUT2D eigenvalue weighted by Gasteiger charge is -2.37. The maximum absolute atomic E-state index is 3.83. The molecule has 0 radical (unpaired) electrons. The van der Waals surface area contributed by atoms with E-state index in [1.165, 1.54) is 42.4 Å². The van der Waals surface area contributed by atoms with Crippen LogP contribution in [0.25, 0.3) is 0 Å². The molecule has 0 amide bonds. The van der Waals surface area contributed by atoms with Crippen molar-refractivity contribution in [2.45, 2.75) is 69.9 Å². The molecule has 2 atom stereocenters. The quantitative estimate of drug-likeness (QED) is 0.725. The van der Waals surface area contributed by atoms with Crippen LogP contribution in [0.2, 0.25) is 0 Å². The molecule has 3 rings (SSSR count). The normalized spacial score (nSPS) is 30.8. The third-order valence-electron chi connectivity index (χ3n) is 5.01. The molecule has 2 fully saturated rings. The van der Waals surface area contributed by atoms with Gasteiger partial charge in [0.25, 0.3) is 0 Å². The monoisotopic (exact) mass is 321 g/mol. The zero-order valence-corrected chi connectivity index (χ0v) is 13.8. The number of piperidine rings is 1. The summed E-state index contributed by atoms with van der Waals surface area (Å²) in [6.07, 6.45) is 5.47. The second-order valence-corrected chi connectivity index (χ2v) is 7.80. The van der Waals surface area contributed by atoms with Crippen molar-refractivity contribution in [1.82, 2.24) is 4.90 Å². The summed E-state index contributed by atoms with van der Waals surface area (Å²) in [6, 6.07) is 6.29. The van der Waals surface area contributed by atoms with Crippen molar-refractivity contribution in [3.63, 3.8) is 0 Å². The zero-order valence-electron chi connectivity index (χ0n) is 12.2. The minimum absolute atomic E-state index is 0.751. The molecular weight excluding hydrogens is 298 g/mol. The Morgan fingerprint density at radius 3 is 2.11 bits per heavy atom. The van der Waals surface area contributed by atoms with Crippen LogP contribution in [-0.4, -0.2) is 21.8 Å². The van der Waals surface area contributed by atoms with E-state index in [-0.39, 0.29) is 0 Å². The first-order valence-corrected chi connectivity index (χ1v) is 8.42. The van der Waals surface area contributed by atoms with Gasteiger partial charge in [0.15, 0.2) is 0 Å². The zero-order chi connectivity index (χ0) is 13.6. The number of alkyl halides is 1. The van der Waals surface area contributed by atoms with Gasteiger partial charge in [-0.15, -0.1) is 0 Å². The molecule has 2 bridgehead atoms. The molecule has 0 N–H and O–H groups in total. The van der Waals surface area contributed by atoms with Crippen LogP contribution in [0, 0.1) is 20.8 Å². The van der Waals surface area contributed by atoms with E-state index in [1.807, 2.05) is 0 Å². The van der Waals surface area contributed by atoms with Gasteiger partial charge in [-0.3, -0.25) is 4.90 Å². The average Bonchev–Trinajstić information content (AvgIpc) is 2.55. The molecule has 2 aliphatic heterocycles. The van der Waals surface area contributed by atoms with Gasteiger partial charge in [-0.05, 0) is 63.1 Å². The van der Waals surface area contributed by atoms with Gasteiger partial charge < -0.3 is 0 Å². The number of rotatable bonds is 2. The molecule has 19 heavy (non-hydrogen) atoms. The van der Waals surface area contributed by atoms with Crippen LogP contribution in [0.3, 0.4) is 0 Å². The van der Waals surface area contributed by atoms with E-state index >= 15 is 0 Å². The summed E-state index contributed by atoms with van der Waals surface area (Å²) in [6.45, 7) is 7.90. The summed E-state index contributed by atoms with van der Waals surface area (Å²) >= 11 is 3.83. The summed E-state index contributed by atoms with van der Waals surface area (Å²) in [4.78, 5) is 3.53. The first-order chi connectivity index (χ1) is 9.04. The molecule has 2 aliphatic rings. The highest BCUT2D eigenvalue weighted by molar-refractivity contribution is 9.09. The predicted octanol–water partition coefficient (Wildman–Crippen LogP) is 4.50. The van der Waals surface area contributed by atoms with Gasteiger partial charge in [0.05, 0.1) is 0 Å². The van der Waals surface area contributed by atoms with Crippen molar-refractivity contribution >= 4 is 15.9 Å². The second-order valence-electron chi connectivity index (χ2n) is 6.50. The molecule has 0 aromatic heterocycles. The molecule has 0 spiro atoms. The fourth-order valence-electron chi connectivity index (χ4n) is 4.11. The number of hydrogen-bond donors (Lipinski definition) is 0. The summed E-state index contributed by atoms with van der Waals surface area (Å²) in [5.41, 5.74) is 5.90. The molecule has 104 valence electrons. The van der Waals surface area contributed by atoms with Crippen molar-refractivity contribution in [2.24, 2.45) is 0 Å². The lowest BCUT2D eigenvalue weighted by Crippen LogP contribution is -2.42.